The average Bonchev–Trinajstić information content (AvgIpc) is 2.39. The quantitative estimate of drug-likeness (QED) is 0.642. The summed E-state index contributed by atoms with van der Waals surface area (Å²) >= 11 is 0. The van der Waals surface area contributed by atoms with Crippen molar-refractivity contribution in [1.82, 2.24) is 4.90 Å². The third-order valence-electron chi connectivity index (χ3n) is 2.76. The van der Waals surface area contributed by atoms with Crippen LogP contribution in [0.1, 0.15) is 24.2 Å². The second-order valence-corrected chi connectivity index (χ2v) is 3.72. The van der Waals surface area contributed by atoms with Gasteiger partial charge in [-0.1, -0.05) is 0 Å². The minimum atomic E-state index is -0.495. The number of nitrogens with zero attached hydrogens (tertiary/aromatic N) is 2. The normalized spacial score (nSPS) is 9.94. The number of rotatable bonds is 5. The number of nitrogens with one attached hydrogen (secondary N) is 1. The molecule has 0 atom stereocenters. The summed E-state index contributed by atoms with van der Waals surface area (Å²) in [4.78, 5) is 24.1. The number of nitro groups is 1. The summed E-state index contributed by atoms with van der Waals surface area (Å²) < 4.78 is 0. The second kappa shape index (κ2) is 6.00. The van der Waals surface area contributed by atoms with Crippen LogP contribution in [0.15, 0.2) is 18.2 Å². The highest BCUT2D eigenvalue weighted by Crippen LogP contribution is 2.25. The van der Waals surface area contributed by atoms with Crippen LogP contribution < -0.4 is 5.32 Å². The lowest BCUT2D eigenvalue weighted by Crippen LogP contribution is -2.30. The van der Waals surface area contributed by atoms with Gasteiger partial charge in [-0.05, 0) is 26.0 Å². The molecule has 1 amide bonds. The summed E-state index contributed by atoms with van der Waals surface area (Å²) in [5.41, 5.74) is 0.649. The maximum Gasteiger partial charge on any atom is 0.293 e. The molecule has 0 aromatic heterocycles. The minimum Gasteiger partial charge on any atom is -0.383 e. The molecular formula is C12H17N3O3. The monoisotopic (exact) mass is 251 g/mol. The van der Waals surface area contributed by atoms with Gasteiger partial charge < -0.3 is 10.2 Å². The van der Waals surface area contributed by atoms with E-state index >= 15 is 0 Å². The van der Waals surface area contributed by atoms with Crippen LogP contribution in [0.4, 0.5) is 11.4 Å². The molecule has 0 fully saturated rings. The molecule has 0 bridgehead atoms. The van der Waals surface area contributed by atoms with Crippen molar-refractivity contribution in [3.05, 3.63) is 33.9 Å². The van der Waals surface area contributed by atoms with E-state index in [4.69, 9.17) is 0 Å². The number of hydrogen-bond donors (Lipinski definition) is 1. The molecule has 1 N–H and O–H groups in total. The second-order valence-electron chi connectivity index (χ2n) is 3.72. The summed E-state index contributed by atoms with van der Waals surface area (Å²) in [5.74, 6) is -0.189. The number of carbonyl (C=O) groups excluding carboxylic acids is 1. The Morgan fingerprint density at radius 1 is 1.39 bits per heavy atom. The van der Waals surface area contributed by atoms with Gasteiger partial charge in [-0.15, -0.1) is 0 Å². The number of nitro benzene ring substituents is 1. The summed E-state index contributed by atoms with van der Waals surface area (Å²) in [6, 6.07) is 4.46. The van der Waals surface area contributed by atoms with Crippen LogP contribution in [0.25, 0.3) is 0 Å². The molecule has 1 aromatic rings. The van der Waals surface area contributed by atoms with Crippen molar-refractivity contribution in [3.8, 4) is 0 Å². The fraction of sp³-hybridized carbons (Fsp3) is 0.417. The summed E-state index contributed by atoms with van der Waals surface area (Å²) in [7, 11) is 1.61. The summed E-state index contributed by atoms with van der Waals surface area (Å²) in [6.45, 7) is 4.91. The molecule has 0 aliphatic rings. The highest BCUT2D eigenvalue weighted by molar-refractivity contribution is 5.95. The van der Waals surface area contributed by atoms with Gasteiger partial charge >= 0.3 is 0 Å². The zero-order valence-corrected chi connectivity index (χ0v) is 10.8. The minimum absolute atomic E-state index is 0.0875. The predicted octanol–water partition coefficient (Wildman–Crippen LogP) is 2.12. The van der Waals surface area contributed by atoms with Gasteiger partial charge in [0, 0.05) is 31.8 Å². The van der Waals surface area contributed by atoms with Crippen LogP contribution >= 0.6 is 0 Å². The van der Waals surface area contributed by atoms with Crippen molar-refractivity contribution in [2.24, 2.45) is 0 Å². The van der Waals surface area contributed by atoms with E-state index in [1.165, 1.54) is 6.07 Å². The van der Waals surface area contributed by atoms with Crippen LogP contribution in [0.5, 0.6) is 0 Å². The Hall–Kier alpha value is -2.11. The van der Waals surface area contributed by atoms with E-state index in [0.717, 1.165) is 0 Å². The van der Waals surface area contributed by atoms with Crippen LogP contribution in [-0.2, 0) is 0 Å². The molecule has 6 nitrogen and oxygen atoms in total. The Labute approximate surface area is 106 Å². The van der Waals surface area contributed by atoms with Crippen LogP contribution in [0, 0.1) is 10.1 Å². The van der Waals surface area contributed by atoms with Gasteiger partial charge in [0.05, 0.1) is 4.92 Å². The zero-order valence-electron chi connectivity index (χ0n) is 10.8. The van der Waals surface area contributed by atoms with E-state index in [2.05, 4.69) is 5.32 Å². The first kappa shape index (κ1) is 14.0. The van der Waals surface area contributed by atoms with Crippen molar-refractivity contribution in [2.45, 2.75) is 13.8 Å². The summed E-state index contributed by atoms with van der Waals surface area (Å²) in [6.07, 6.45) is 0. The van der Waals surface area contributed by atoms with E-state index in [9.17, 15) is 14.9 Å². The standard InChI is InChI=1S/C12H17N3O3/c1-4-14(5-2)12(16)9-6-7-10(13-3)11(8-9)15(17)18/h6-8,13H,4-5H2,1-3H3. The third-order valence-corrected chi connectivity index (χ3v) is 2.76. The Kier molecular flexibility index (Phi) is 4.65. The fourth-order valence-electron chi connectivity index (χ4n) is 1.72. The van der Waals surface area contributed by atoms with Gasteiger partial charge in [0.1, 0.15) is 5.69 Å². The lowest BCUT2D eigenvalue weighted by atomic mass is 10.1. The Morgan fingerprint density at radius 3 is 2.44 bits per heavy atom. The van der Waals surface area contributed by atoms with E-state index < -0.39 is 4.92 Å². The molecule has 0 unspecified atom stereocenters. The van der Waals surface area contributed by atoms with E-state index in [0.29, 0.717) is 24.3 Å². The molecule has 0 spiro atoms. The first-order valence-electron chi connectivity index (χ1n) is 5.80. The molecule has 6 heteroatoms. The van der Waals surface area contributed by atoms with Crippen molar-refractivity contribution >= 4 is 17.3 Å². The molecule has 0 aliphatic heterocycles. The summed E-state index contributed by atoms with van der Waals surface area (Å²) in [5, 5.41) is 13.6. The molecular weight excluding hydrogens is 234 g/mol. The molecule has 0 saturated carbocycles. The third kappa shape index (κ3) is 2.77. The largest absolute Gasteiger partial charge is 0.383 e. The number of anilines is 1. The van der Waals surface area contributed by atoms with Gasteiger partial charge in [0.25, 0.3) is 11.6 Å². The Balaban J connectivity index is 3.15. The van der Waals surface area contributed by atoms with Gasteiger partial charge in [-0.25, -0.2) is 0 Å². The number of amides is 1. The van der Waals surface area contributed by atoms with Crippen molar-refractivity contribution in [3.63, 3.8) is 0 Å². The van der Waals surface area contributed by atoms with Gasteiger partial charge in [-0.2, -0.15) is 0 Å². The van der Waals surface area contributed by atoms with Crippen molar-refractivity contribution in [2.75, 3.05) is 25.5 Å². The topological polar surface area (TPSA) is 75.5 Å². The van der Waals surface area contributed by atoms with Crippen LogP contribution in [0.2, 0.25) is 0 Å². The molecule has 1 rings (SSSR count). The SMILES string of the molecule is CCN(CC)C(=O)c1ccc(NC)c([N+](=O)[O-])c1. The fourth-order valence-corrected chi connectivity index (χ4v) is 1.72. The molecule has 18 heavy (non-hydrogen) atoms. The highest BCUT2D eigenvalue weighted by atomic mass is 16.6. The molecule has 0 heterocycles. The van der Waals surface area contributed by atoms with Crippen molar-refractivity contribution < 1.29 is 9.72 Å². The smallest absolute Gasteiger partial charge is 0.293 e. The molecule has 0 radical (unpaired) electrons. The molecule has 98 valence electrons. The maximum absolute atomic E-state index is 12.1. The predicted molar refractivity (Wildman–Crippen MR) is 69.9 cm³/mol. The Bertz CT molecular complexity index is 456. The molecule has 0 saturated heterocycles. The van der Waals surface area contributed by atoms with Crippen molar-refractivity contribution in [1.29, 1.82) is 0 Å². The Morgan fingerprint density at radius 2 is 2.00 bits per heavy atom. The average molecular weight is 251 g/mol. The lowest BCUT2D eigenvalue weighted by molar-refractivity contribution is -0.384. The van der Waals surface area contributed by atoms with E-state index in [1.807, 2.05) is 13.8 Å². The highest BCUT2D eigenvalue weighted by Gasteiger charge is 2.19. The van der Waals surface area contributed by atoms with Gasteiger partial charge in [-0.3, -0.25) is 14.9 Å². The van der Waals surface area contributed by atoms with E-state index in [-0.39, 0.29) is 11.6 Å². The first-order valence-corrected chi connectivity index (χ1v) is 5.80. The molecule has 1 aromatic carbocycles. The lowest BCUT2D eigenvalue weighted by Gasteiger charge is -2.18. The first-order chi connectivity index (χ1) is 8.54. The van der Waals surface area contributed by atoms with Crippen LogP contribution in [0.3, 0.4) is 0 Å². The van der Waals surface area contributed by atoms with Gasteiger partial charge in [0.2, 0.25) is 0 Å². The zero-order chi connectivity index (χ0) is 13.7. The number of carbonyl (C=O) groups is 1. The van der Waals surface area contributed by atoms with Crippen LogP contribution in [-0.4, -0.2) is 35.9 Å². The number of hydrogen-bond acceptors (Lipinski definition) is 4. The maximum atomic E-state index is 12.1. The van der Waals surface area contributed by atoms with E-state index in [1.54, 1.807) is 24.1 Å². The van der Waals surface area contributed by atoms with Gasteiger partial charge in [0.15, 0.2) is 0 Å². The number of benzene rings is 1. The molecule has 0 aliphatic carbocycles.